The Bertz CT molecular complexity index is 507. The van der Waals surface area contributed by atoms with E-state index < -0.39 is 0 Å². The fraction of sp³-hybridized carbons (Fsp3) is 0.400. The molecule has 3 nitrogen and oxygen atoms in total. The van der Waals surface area contributed by atoms with Crippen molar-refractivity contribution in [3.63, 3.8) is 0 Å². The summed E-state index contributed by atoms with van der Waals surface area (Å²) in [5.74, 6) is 0. The second kappa shape index (κ2) is 4.94. The molecule has 0 saturated heterocycles. The number of hydrogen-bond donors (Lipinski definition) is 1. The van der Waals surface area contributed by atoms with E-state index in [9.17, 15) is 0 Å². The van der Waals surface area contributed by atoms with Crippen molar-refractivity contribution < 1.29 is 0 Å². The lowest BCUT2D eigenvalue weighted by molar-refractivity contribution is 0.424. The summed E-state index contributed by atoms with van der Waals surface area (Å²) in [5.41, 5.74) is 3.88. The van der Waals surface area contributed by atoms with Gasteiger partial charge in [-0.1, -0.05) is 6.07 Å². The molecule has 0 radical (unpaired) electrons. The van der Waals surface area contributed by atoms with Crippen LogP contribution >= 0.6 is 0 Å². The smallest absolute Gasteiger partial charge is 0.0648 e. The number of aryl methyl sites for hydroxylation is 1. The number of nitrogens with one attached hydrogen (secondary N) is 1. The highest BCUT2D eigenvalue weighted by Gasteiger charge is 2.09. The monoisotopic (exact) mass is 243 g/mol. The lowest BCUT2D eigenvalue weighted by Gasteiger charge is -2.21. The molecule has 0 atom stereocenters. The third-order valence-corrected chi connectivity index (χ3v) is 2.90. The zero-order valence-corrected chi connectivity index (χ0v) is 11.6. The average molecular weight is 243 g/mol. The first-order valence-electron chi connectivity index (χ1n) is 6.30. The summed E-state index contributed by atoms with van der Waals surface area (Å²) in [7, 11) is 0. The minimum atomic E-state index is 0.146. The van der Waals surface area contributed by atoms with Crippen molar-refractivity contribution in [3.05, 3.63) is 47.8 Å². The lowest BCUT2D eigenvalue weighted by Crippen LogP contribution is -2.35. The van der Waals surface area contributed by atoms with Crippen molar-refractivity contribution in [3.8, 4) is 5.69 Å². The summed E-state index contributed by atoms with van der Waals surface area (Å²) in [6.45, 7) is 9.59. The first-order valence-corrected chi connectivity index (χ1v) is 6.30. The molecule has 1 N–H and O–H groups in total. The minimum Gasteiger partial charge on any atom is -0.308 e. The van der Waals surface area contributed by atoms with Crippen molar-refractivity contribution in [2.45, 2.75) is 39.8 Å². The van der Waals surface area contributed by atoms with Crippen LogP contribution in [-0.4, -0.2) is 15.3 Å². The highest BCUT2D eigenvalue weighted by Crippen LogP contribution is 2.15. The van der Waals surface area contributed by atoms with Gasteiger partial charge in [-0.25, -0.2) is 4.68 Å². The first-order chi connectivity index (χ1) is 8.46. The Hall–Kier alpha value is -1.61. The van der Waals surface area contributed by atoms with Gasteiger partial charge in [-0.15, -0.1) is 0 Å². The largest absolute Gasteiger partial charge is 0.308 e. The van der Waals surface area contributed by atoms with Crippen molar-refractivity contribution in [2.75, 3.05) is 0 Å². The maximum absolute atomic E-state index is 4.24. The Labute approximate surface area is 109 Å². The molecular weight excluding hydrogens is 222 g/mol. The number of aromatic nitrogens is 2. The van der Waals surface area contributed by atoms with Gasteiger partial charge < -0.3 is 5.32 Å². The predicted molar refractivity (Wildman–Crippen MR) is 74.9 cm³/mol. The summed E-state index contributed by atoms with van der Waals surface area (Å²) in [4.78, 5) is 0. The van der Waals surface area contributed by atoms with Crippen LogP contribution in [0.5, 0.6) is 0 Å². The summed E-state index contributed by atoms with van der Waals surface area (Å²) in [5, 5.41) is 7.75. The van der Waals surface area contributed by atoms with Crippen molar-refractivity contribution >= 4 is 0 Å². The summed E-state index contributed by atoms with van der Waals surface area (Å²) in [6.07, 6.45) is 3.76. The van der Waals surface area contributed by atoms with Crippen LogP contribution in [0, 0.1) is 6.92 Å². The predicted octanol–water partition coefficient (Wildman–Crippen LogP) is 3.07. The van der Waals surface area contributed by atoms with Crippen LogP contribution < -0.4 is 5.32 Å². The molecule has 1 aromatic heterocycles. The average Bonchev–Trinajstić information content (AvgIpc) is 2.79. The fourth-order valence-corrected chi connectivity index (χ4v) is 1.80. The Morgan fingerprint density at radius 1 is 1.28 bits per heavy atom. The number of benzene rings is 1. The summed E-state index contributed by atoms with van der Waals surface area (Å²) >= 11 is 0. The van der Waals surface area contributed by atoms with E-state index in [2.05, 4.69) is 56.3 Å². The Kier molecular flexibility index (Phi) is 3.53. The van der Waals surface area contributed by atoms with Gasteiger partial charge in [0, 0.05) is 24.5 Å². The van der Waals surface area contributed by atoms with E-state index in [1.807, 2.05) is 16.9 Å². The molecule has 0 unspecified atom stereocenters. The van der Waals surface area contributed by atoms with Crippen molar-refractivity contribution in [1.29, 1.82) is 0 Å². The van der Waals surface area contributed by atoms with E-state index in [0.717, 1.165) is 12.2 Å². The maximum atomic E-state index is 4.24. The van der Waals surface area contributed by atoms with Crippen molar-refractivity contribution in [2.24, 2.45) is 0 Å². The molecule has 0 aliphatic heterocycles. The zero-order chi connectivity index (χ0) is 13.2. The quantitative estimate of drug-likeness (QED) is 0.898. The molecule has 0 saturated carbocycles. The molecule has 1 aromatic carbocycles. The molecule has 18 heavy (non-hydrogen) atoms. The first kappa shape index (κ1) is 12.8. The standard InChI is InChI=1S/C15H21N3/c1-12-10-14(18-9-5-8-17-18)7-6-13(12)11-16-15(2,3)4/h5-10,16H,11H2,1-4H3. The molecule has 1 heterocycles. The van der Waals surface area contributed by atoms with E-state index in [-0.39, 0.29) is 5.54 Å². The van der Waals surface area contributed by atoms with Gasteiger partial charge in [0.15, 0.2) is 0 Å². The Balaban J connectivity index is 2.16. The molecule has 0 aliphatic carbocycles. The maximum Gasteiger partial charge on any atom is 0.0648 e. The van der Waals surface area contributed by atoms with Crippen LogP contribution in [0.3, 0.4) is 0 Å². The number of hydrogen-bond acceptors (Lipinski definition) is 2. The van der Waals surface area contributed by atoms with Gasteiger partial charge in [0.2, 0.25) is 0 Å². The highest BCUT2D eigenvalue weighted by atomic mass is 15.3. The lowest BCUT2D eigenvalue weighted by atomic mass is 10.0. The summed E-state index contributed by atoms with van der Waals surface area (Å²) < 4.78 is 1.88. The summed E-state index contributed by atoms with van der Waals surface area (Å²) in [6, 6.07) is 8.39. The molecular formula is C15H21N3. The van der Waals surface area contributed by atoms with E-state index in [1.165, 1.54) is 11.1 Å². The Morgan fingerprint density at radius 3 is 2.61 bits per heavy atom. The topological polar surface area (TPSA) is 29.9 Å². The van der Waals surface area contributed by atoms with Crippen LogP contribution in [0.2, 0.25) is 0 Å². The van der Waals surface area contributed by atoms with Crippen LogP contribution in [-0.2, 0) is 6.54 Å². The molecule has 2 rings (SSSR count). The van der Waals surface area contributed by atoms with E-state index in [1.54, 1.807) is 6.20 Å². The third kappa shape index (κ3) is 3.20. The SMILES string of the molecule is Cc1cc(-n2cccn2)ccc1CNC(C)(C)C. The molecule has 0 fully saturated rings. The van der Waals surface area contributed by atoms with Crippen LogP contribution in [0.15, 0.2) is 36.7 Å². The number of rotatable bonds is 3. The van der Waals surface area contributed by atoms with Gasteiger partial charge in [0.25, 0.3) is 0 Å². The second-order valence-corrected chi connectivity index (χ2v) is 5.66. The van der Waals surface area contributed by atoms with Gasteiger partial charge in [0.05, 0.1) is 5.69 Å². The van der Waals surface area contributed by atoms with E-state index in [0.29, 0.717) is 0 Å². The number of nitrogens with zero attached hydrogens (tertiary/aromatic N) is 2. The van der Waals surface area contributed by atoms with Gasteiger partial charge in [-0.3, -0.25) is 0 Å². The third-order valence-electron chi connectivity index (χ3n) is 2.90. The van der Waals surface area contributed by atoms with Crippen LogP contribution in [0.4, 0.5) is 0 Å². The molecule has 0 aliphatic rings. The molecule has 0 bridgehead atoms. The minimum absolute atomic E-state index is 0.146. The second-order valence-electron chi connectivity index (χ2n) is 5.66. The molecule has 3 heteroatoms. The molecule has 2 aromatic rings. The van der Waals surface area contributed by atoms with Crippen LogP contribution in [0.1, 0.15) is 31.9 Å². The van der Waals surface area contributed by atoms with Gasteiger partial charge in [0.1, 0.15) is 0 Å². The van der Waals surface area contributed by atoms with E-state index >= 15 is 0 Å². The highest BCUT2D eigenvalue weighted by molar-refractivity contribution is 5.39. The van der Waals surface area contributed by atoms with Gasteiger partial charge in [-0.05, 0) is 57.0 Å². The molecule has 0 amide bonds. The fourth-order valence-electron chi connectivity index (χ4n) is 1.80. The molecule has 0 spiro atoms. The van der Waals surface area contributed by atoms with Crippen LogP contribution in [0.25, 0.3) is 5.69 Å². The molecule has 96 valence electrons. The Morgan fingerprint density at radius 2 is 2.06 bits per heavy atom. The normalized spacial score (nSPS) is 11.8. The van der Waals surface area contributed by atoms with Gasteiger partial charge >= 0.3 is 0 Å². The van der Waals surface area contributed by atoms with E-state index in [4.69, 9.17) is 0 Å². The van der Waals surface area contributed by atoms with Gasteiger partial charge in [-0.2, -0.15) is 5.10 Å². The zero-order valence-electron chi connectivity index (χ0n) is 11.6. The van der Waals surface area contributed by atoms with Crippen molar-refractivity contribution in [1.82, 2.24) is 15.1 Å².